The van der Waals surface area contributed by atoms with Crippen molar-refractivity contribution in [3.63, 3.8) is 0 Å². The summed E-state index contributed by atoms with van der Waals surface area (Å²) < 4.78 is 7.66. The molecule has 0 bridgehead atoms. The second kappa shape index (κ2) is 7.18. The van der Waals surface area contributed by atoms with E-state index in [-0.39, 0.29) is 0 Å². The topological polar surface area (TPSA) is 39.1 Å². The maximum atomic E-state index is 5.55. The Balaban J connectivity index is 2.03. The number of aryl methyl sites for hydroxylation is 2. The molecule has 124 valence electrons. The van der Waals surface area contributed by atoms with Crippen LogP contribution in [0.3, 0.4) is 0 Å². The van der Waals surface area contributed by atoms with Gasteiger partial charge in [-0.05, 0) is 57.2 Å². The standard InChI is InChI=1S/C19H27N3O/c1-4-23-12-10-17-16-7-5-6-11-20-19(16)22(21-17)18-13-14(2)8-9-15(18)3/h8-9,13,20H,4-7,10-12H2,1-3H3. The maximum Gasteiger partial charge on any atom is 0.133 e. The number of ether oxygens (including phenoxy) is 1. The SMILES string of the molecule is CCOCCc1nn(-c2cc(C)ccc2C)c2c1CCCCN2. The van der Waals surface area contributed by atoms with Crippen molar-refractivity contribution in [2.24, 2.45) is 0 Å². The van der Waals surface area contributed by atoms with E-state index >= 15 is 0 Å². The molecule has 4 heteroatoms. The van der Waals surface area contributed by atoms with Crippen LogP contribution < -0.4 is 5.32 Å². The van der Waals surface area contributed by atoms with E-state index in [1.54, 1.807) is 0 Å². The van der Waals surface area contributed by atoms with Crippen molar-refractivity contribution < 1.29 is 4.74 Å². The van der Waals surface area contributed by atoms with Gasteiger partial charge in [0.25, 0.3) is 0 Å². The highest BCUT2D eigenvalue weighted by molar-refractivity contribution is 5.56. The van der Waals surface area contributed by atoms with Gasteiger partial charge in [0, 0.05) is 25.1 Å². The summed E-state index contributed by atoms with van der Waals surface area (Å²) in [6.07, 6.45) is 4.43. The van der Waals surface area contributed by atoms with Crippen LogP contribution in [0.4, 0.5) is 5.82 Å². The number of nitrogens with zero attached hydrogens (tertiary/aromatic N) is 2. The van der Waals surface area contributed by atoms with Crippen molar-refractivity contribution in [2.75, 3.05) is 25.1 Å². The fourth-order valence-corrected chi connectivity index (χ4v) is 3.21. The van der Waals surface area contributed by atoms with Gasteiger partial charge in [-0.1, -0.05) is 12.1 Å². The Morgan fingerprint density at radius 1 is 1.26 bits per heavy atom. The number of hydrogen-bond donors (Lipinski definition) is 1. The third-order valence-electron chi connectivity index (χ3n) is 4.49. The van der Waals surface area contributed by atoms with Crippen LogP contribution in [0.1, 0.15) is 42.1 Å². The molecule has 1 aliphatic rings. The Hall–Kier alpha value is -1.81. The summed E-state index contributed by atoms with van der Waals surface area (Å²) >= 11 is 0. The molecule has 3 rings (SSSR count). The van der Waals surface area contributed by atoms with Crippen molar-refractivity contribution in [1.82, 2.24) is 9.78 Å². The summed E-state index contributed by atoms with van der Waals surface area (Å²) in [5.74, 6) is 1.18. The van der Waals surface area contributed by atoms with Crippen LogP contribution in [0.2, 0.25) is 0 Å². The van der Waals surface area contributed by atoms with Crippen LogP contribution in [-0.2, 0) is 17.6 Å². The molecule has 0 radical (unpaired) electrons. The fraction of sp³-hybridized carbons (Fsp3) is 0.526. The summed E-state index contributed by atoms with van der Waals surface area (Å²) in [5.41, 5.74) is 6.26. The van der Waals surface area contributed by atoms with E-state index < -0.39 is 0 Å². The second-order valence-corrected chi connectivity index (χ2v) is 6.31. The molecule has 2 heterocycles. The van der Waals surface area contributed by atoms with Gasteiger partial charge in [0.1, 0.15) is 5.82 Å². The van der Waals surface area contributed by atoms with Gasteiger partial charge in [-0.3, -0.25) is 0 Å². The van der Waals surface area contributed by atoms with Gasteiger partial charge in [-0.15, -0.1) is 0 Å². The Labute approximate surface area is 138 Å². The lowest BCUT2D eigenvalue weighted by Gasteiger charge is -2.12. The van der Waals surface area contributed by atoms with Crippen LogP contribution in [-0.4, -0.2) is 29.5 Å². The first-order valence-corrected chi connectivity index (χ1v) is 8.70. The smallest absolute Gasteiger partial charge is 0.133 e. The predicted molar refractivity (Wildman–Crippen MR) is 94.7 cm³/mol. The van der Waals surface area contributed by atoms with Crippen LogP contribution in [0.15, 0.2) is 18.2 Å². The largest absolute Gasteiger partial charge is 0.381 e. The van der Waals surface area contributed by atoms with E-state index in [0.717, 1.165) is 32.6 Å². The minimum absolute atomic E-state index is 0.743. The maximum absolute atomic E-state index is 5.55. The molecular formula is C19H27N3O. The second-order valence-electron chi connectivity index (χ2n) is 6.31. The molecule has 1 aliphatic heterocycles. The lowest BCUT2D eigenvalue weighted by Crippen LogP contribution is -2.08. The van der Waals surface area contributed by atoms with Gasteiger partial charge in [-0.2, -0.15) is 5.10 Å². The number of fused-ring (bicyclic) bond motifs is 1. The van der Waals surface area contributed by atoms with Crippen LogP contribution >= 0.6 is 0 Å². The number of benzene rings is 1. The molecule has 0 amide bonds. The van der Waals surface area contributed by atoms with E-state index in [0.29, 0.717) is 0 Å². The molecule has 0 fully saturated rings. The molecule has 2 aromatic rings. The molecule has 0 saturated heterocycles. The zero-order valence-electron chi connectivity index (χ0n) is 14.5. The monoisotopic (exact) mass is 313 g/mol. The van der Waals surface area contributed by atoms with Gasteiger partial charge < -0.3 is 10.1 Å². The summed E-state index contributed by atoms with van der Waals surface area (Å²) in [5, 5.41) is 8.56. The molecule has 1 aromatic heterocycles. The van der Waals surface area contributed by atoms with Crippen molar-refractivity contribution in [3.8, 4) is 5.69 Å². The van der Waals surface area contributed by atoms with Gasteiger partial charge >= 0.3 is 0 Å². The Morgan fingerprint density at radius 2 is 2.13 bits per heavy atom. The Kier molecular flexibility index (Phi) is 5.01. The predicted octanol–water partition coefficient (Wildman–Crippen LogP) is 3.82. The number of anilines is 1. The number of hydrogen-bond acceptors (Lipinski definition) is 3. The molecule has 23 heavy (non-hydrogen) atoms. The van der Waals surface area contributed by atoms with Crippen molar-refractivity contribution >= 4 is 5.82 Å². The minimum atomic E-state index is 0.743. The molecule has 0 unspecified atom stereocenters. The normalized spacial score (nSPS) is 14.2. The van der Waals surface area contributed by atoms with Gasteiger partial charge in [0.2, 0.25) is 0 Å². The summed E-state index contributed by atoms with van der Waals surface area (Å²) in [6, 6.07) is 6.56. The van der Waals surface area contributed by atoms with E-state index in [1.165, 1.54) is 46.7 Å². The minimum Gasteiger partial charge on any atom is -0.381 e. The van der Waals surface area contributed by atoms with Gasteiger partial charge in [-0.25, -0.2) is 4.68 Å². The zero-order valence-corrected chi connectivity index (χ0v) is 14.5. The molecule has 0 saturated carbocycles. The third kappa shape index (κ3) is 3.42. The van der Waals surface area contributed by atoms with Crippen molar-refractivity contribution in [1.29, 1.82) is 0 Å². The van der Waals surface area contributed by atoms with Crippen LogP contribution in [0.25, 0.3) is 5.69 Å². The lowest BCUT2D eigenvalue weighted by molar-refractivity contribution is 0.150. The fourth-order valence-electron chi connectivity index (χ4n) is 3.21. The van der Waals surface area contributed by atoms with Crippen LogP contribution in [0.5, 0.6) is 0 Å². The molecule has 1 aromatic carbocycles. The summed E-state index contributed by atoms with van der Waals surface area (Å²) in [4.78, 5) is 0. The third-order valence-corrected chi connectivity index (χ3v) is 4.49. The lowest BCUT2D eigenvalue weighted by atomic mass is 10.1. The first-order valence-electron chi connectivity index (χ1n) is 8.70. The average Bonchev–Trinajstić information content (AvgIpc) is 2.72. The molecule has 0 aliphatic carbocycles. The average molecular weight is 313 g/mol. The molecule has 0 spiro atoms. The van der Waals surface area contributed by atoms with E-state index in [2.05, 4.69) is 42.0 Å². The van der Waals surface area contributed by atoms with E-state index in [4.69, 9.17) is 9.84 Å². The number of rotatable bonds is 5. The Morgan fingerprint density at radius 3 is 2.96 bits per heavy atom. The molecular weight excluding hydrogens is 286 g/mol. The zero-order chi connectivity index (χ0) is 16.2. The highest BCUT2D eigenvalue weighted by Crippen LogP contribution is 2.29. The quantitative estimate of drug-likeness (QED) is 0.853. The Bertz CT molecular complexity index is 675. The first-order chi connectivity index (χ1) is 11.2. The number of aromatic nitrogens is 2. The van der Waals surface area contributed by atoms with E-state index in [9.17, 15) is 0 Å². The molecule has 4 nitrogen and oxygen atoms in total. The number of nitrogens with one attached hydrogen (secondary N) is 1. The highest BCUT2D eigenvalue weighted by atomic mass is 16.5. The van der Waals surface area contributed by atoms with Crippen LogP contribution in [0, 0.1) is 13.8 Å². The first kappa shape index (κ1) is 16.1. The van der Waals surface area contributed by atoms with Crippen molar-refractivity contribution in [2.45, 2.75) is 46.5 Å². The summed E-state index contributed by atoms with van der Waals surface area (Å²) in [7, 11) is 0. The van der Waals surface area contributed by atoms with Gasteiger partial charge in [0.05, 0.1) is 18.0 Å². The van der Waals surface area contributed by atoms with E-state index in [1.807, 2.05) is 6.92 Å². The van der Waals surface area contributed by atoms with Crippen molar-refractivity contribution in [3.05, 3.63) is 40.6 Å². The van der Waals surface area contributed by atoms with Gasteiger partial charge in [0.15, 0.2) is 0 Å². The summed E-state index contributed by atoms with van der Waals surface area (Å²) in [6.45, 7) is 8.85. The molecule has 1 N–H and O–H groups in total. The highest BCUT2D eigenvalue weighted by Gasteiger charge is 2.21. The molecule has 0 atom stereocenters.